The van der Waals surface area contributed by atoms with Gasteiger partial charge in [0.15, 0.2) is 0 Å². The summed E-state index contributed by atoms with van der Waals surface area (Å²) >= 11 is 0. The second-order valence-corrected chi connectivity index (χ2v) is 17.1. The molecule has 0 N–H and O–H groups in total. The van der Waals surface area contributed by atoms with Gasteiger partial charge in [-0.3, -0.25) is 4.57 Å². The third kappa shape index (κ3) is 6.95. The van der Waals surface area contributed by atoms with Crippen LogP contribution in [0.5, 0.6) is 11.5 Å². The first-order valence-electron chi connectivity index (χ1n) is 19.8. The van der Waals surface area contributed by atoms with Crippen molar-refractivity contribution >= 4 is 33.2 Å². The normalized spacial score (nSPS) is 13.4. The molecule has 9 rings (SSSR count). The molecule has 0 saturated heterocycles. The van der Waals surface area contributed by atoms with Crippen LogP contribution in [0.2, 0.25) is 0 Å². The summed E-state index contributed by atoms with van der Waals surface area (Å²) in [4.78, 5) is 9.69. The fourth-order valence-electron chi connectivity index (χ4n) is 8.01. The lowest BCUT2D eigenvalue weighted by Crippen LogP contribution is -2.30. The highest BCUT2D eigenvalue weighted by atomic mass is 16.5. The van der Waals surface area contributed by atoms with Crippen molar-refractivity contribution in [2.75, 3.05) is 16.5 Å². The van der Waals surface area contributed by atoms with E-state index < -0.39 is 0 Å². The molecular weight excluding hydrogens is 697 g/mol. The molecule has 3 heterocycles. The Morgan fingerprint density at radius 1 is 0.544 bits per heavy atom. The fraction of sp³-hybridized carbons (Fsp3) is 0.173. The number of ether oxygens (including phenoxy) is 1. The maximum Gasteiger partial charge on any atom is 0.137 e. The number of fused-ring (bicyclic) bond motifs is 3. The lowest BCUT2D eigenvalue weighted by molar-refractivity contribution is 0.481. The molecule has 282 valence electrons. The molecular formula is C52H48N4O. The smallest absolute Gasteiger partial charge is 0.137 e. The van der Waals surface area contributed by atoms with Gasteiger partial charge >= 0.3 is 0 Å². The number of para-hydroxylation sites is 1. The Balaban J connectivity index is 1.08. The second kappa shape index (κ2) is 14.2. The van der Waals surface area contributed by atoms with Crippen LogP contribution in [-0.2, 0) is 5.41 Å². The van der Waals surface area contributed by atoms with E-state index in [-0.39, 0.29) is 10.8 Å². The monoisotopic (exact) mass is 744 g/mol. The SMILES string of the molecule is CC(C)(C)C1=CN(c2cc(-c3ccccc3)ccc2-c2ccccc2)CN1c1cccc(Oc2ccc3c4ccccc4n(-c4cc(C(C)(C)C)ccn4)c3c2)c1. The molecule has 5 heteroatoms. The van der Waals surface area contributed by atoms with Crippen molar-refractivity contribution < 1.29 is 4.74 Å². The zero-order valence-corrected chi connectivity index (χ0v) is 33.6. The number of pyridine rings is 1. The molecule has 57 heavy (non-hydrogen) atoms. The number of nitrogens with zero attached hydrogens (tertiary/aromatic N) is 4. The van der Waals surface area contributed by atoms with Crippen LogP contribution in [0.3, 0.4) is 0 Å². The maximum atomic E-state index is 6.73. The molecule has 5 nitrogen and oxygen atoms in total. The van der Waals surface area contributed by atoms with Crippen LogP contribution in [0, 0.1) is 5.41 Å². The summed E-state index contributed by atoms with van der Waals surface area (Å²) in [6.45, 7) is 14.2. The van der Waals surface area contributed by atoms with Crippen molar-refractivity contribution in [2.24, 2.45) is 5.41 Å². The fourth-order valence-corrected chi connectivity index (χ4v) is 8.01. The lowest BCUT2D eigenvalue weighted by Gasteiger charge is -2.31. The van der Waals surface area contributed by atoms with Crippen molar-refractivity contribution in [3.8, 4) is 39.6 Å². The Morgan fingerprint density at radius 3 is 2.00 bits per heavy atom. The summed E-state index contributed by atoms with van der Waals surface area (Å²) in [5, 5.41) is 2.35. The minimum Gasteiger partial charge on any atom is -0.457 e. The second-order valence-electron chi connectivity index (χ2n) is 17.1. The summed E-state index contributed by atoms with van der Waals surface area (Å²) in [6.07, 6.45) is 4.25. The number of benzene rings is 6. The topological polar surface area (TPSA) is 33.5 Å². The van der Waals surface area contributed by atoms with E-state index in [2.05, 4.69) is 214 Å². The van der Waals surface area contributed by atoms with Crippen LogP contribution in [0.15, 0.2) is 176 Å². The Hall–Kier alpha value is -6.59. The number of hydrogen-bond donors (Lipinski definition) is 0. The van der Waals surface area contributed by atoms with Gasteiger partial charge in [0.25, 0.3) is 0 Å². The van der Waals surface area contributed by atoms with Crippen molar-refractivity contribution in [3.05, 3.63) is 181 Å². The van der Waals surface area contributed by atoms with Gasteiger partial charge in [0.1, 0.15) is 17.3 Å². The van der Waals surface area contributed by atoms with Crippen molar-refractivity contribution in [3.63, 3.8) is 0 Å². The van der Waals surface area contributed by atoms with Gasteiger partial charge in [0.2, 0.25) is 0 Å². The molecule has 0 atom stereocenters. The molecule has 0 aliphatic carbocycles. The molecule has 0 amide bonds. The van der Waals surface area contributed by atoms with E-state index in [1.165, 1.54) is 44.6 Å². The molecule has 2 aromatic heterocycles. The average Bonchev–Trinajstić information content (AvgIpc) is 3.82. The first-order chi connectivity index (χ1) is 27.5. The zero-order chi connectivity index (χ0) is 39.3. The molecule has 0 radical (unpaired) electrons. The van der Waals surface area contributed by atoms with Gasteiger partial charge in [-0.05, 0) is 76.2 Å². The largest absolute Gasteiger partial charge is 0.457 e. The van der Waals surface area contributed by atoms with E-state index in [1.807, 2.05) is 12.3 Å². The molecule has 0 spiro atoms. The van der Waals surface area contributed by atoms with E-state index >= 15 is 0 Å². The van der Waals surface area contributed by atoms with Crippen LogP contribution in [-0.4, -0.2) is 16.2 Å². The third-order valence-corrected chi connectivity index (χ3v) is 11.0. The molecule has 0 fully saturated rings. The van der Waals surface area contributed by atoms with E-state index in [0.717, 1.165) is 39.4 Å². The van der Waals surface area contributed by atoms with Crippen molar-refractivity contribution in [2.45, 2.75) is 47.0 Å². The Kier molecular flexibility index (Phi) is 8.96. The molecule has 6 aromatic carbocycles. The molecule has 0 unspecified atom stereocenters. The molecule has 0 saturated carbocycles. The molecule has 1 aliphatic rings. The van der Waals surface area contributed by atoms with Gasteiger partial charge in [-0.25, -0.2) is 4.98 Å². The highest BCUT2D eigenvalue weighted by molar-refractivity contribution is 6.09. The van der Waals surface area contributed by atoms with Gasteiger partial charge in [-0.2, -0.15) is 0 Å². The van der Waals surface area contributed by atoms with Crippen LogP contribution < -0.4 is 14.5 Å². The predicted molar refractivity (Wildman–Crippen MR) is 238 cm³/mol. The average molecular weight is 745 g/mol. The van der Waals surface area contributed by atoms with E-state index in [1.54, 1.807) is 0 Å². The third-order valence-electron chi connectivity index (χ3n) is 11.0. The van der Waals surface area contributed by atoms with E-state index in [0.29, 0.717) is 6.67 Å². The molecule has 1 aliphatic heterocycles. The number of aromatic nitrogens is 2. The predicted octanol–water partition coefficient (Wildman–Crippen LogP) is 13.8. The summed E-state index contributed by atoms with van der Waals surface area (Å²) in [5.74, 6) is 2.46. The van der Waals surface area contributed by atoms with E-state index in [4.69, 9.17) is 9.72 Å². The van der Waals surface area contributed by atoms with Crippen molar-refractivity contribution in [1.82, 2.24) is 9.55 Å². The number of hydrogen-bond acceptors (Lipinski definition) is 4. The summed E-state index contributed by atoms with van der Waals surface area (Å²) in [5.41, 5.74) is 11.6. The van der Waals surface area contributed by atoms with Crippen LogP contribution in [0.25, 0.3) is 49.9 Å². The highest BCUT2D eigenvalue weighted by Gasteiger charge is 2.32. The summed E-state index contributed by atoms with van der Waals surface area (Å²) < 4.78 is 8.99. The number of rotatable bonds is 7. The first-order valence-corrected chi connectivity index (χ1v) is 19.8. The highest BCUT2D eigenvalue weighted by Crippen LogP contribution is 2.43. The van der Waals surface area contributed by atoms with Gasteiger partial charge in [-0.1, -0.05) is 139 Å². The lowest BCUT2D eigenvalue weighted by atomic mass is 9.88. The molecule has 8 aromatic rings. The Labute approximate surface area is 336 Å². The maximum absolute atomic E-state index is 6.73. The van der Waals surface area contributed by atoms with Gasteiger partial charge in [-0.15, -0.1) is 0 Å². The summed E-state index contributed by atoms with van der Waals surface area (Å²) in [7, 11) is 0. The molecule has 0 bridgehead atoms. The van der Waals surface area contributed by atoms with Crippen LogP contribution in [0.1, 0.15) is 47.1 Å². The van der Waals surface area contributed by atoms with E-state index in [9.17, 15) is 0 Å². The number of allylic oxidation sites excluding steroid dienone is 1. The quantitative estimate of drug-likeness (QED) is 0.163. The van der Waals surface area contributed by atoms with Gasteiger partial charge in [0, 0.05) is 57.7 Å². The van der Waals surface area contributed by atoms with Gasteiger partial charge < -0.3 is 14.5 Å². The first kappa shape index (κ1) is 36.1. The van der Waals surface area contributed by atoms with Crippen molar-refractivity contribution in [1.29, 1.82) is 0 Å². The zero-order valence-electron chi connectivity index (χ0n) is 33.6. The summed E-state index contributed by atoms with van der Waals surface area (Å²) in [6, 6.07) is 55.9. The van der Waals surface area contributed by atoms with Crippen LogP contribution in [0.4, 0.5) is 11.4 Å². The van der Waals surface area contributed by atoms with Crippen LogP contribution >= 0.6 is 0 Å². The minimum atomic E-state index is -0.119. The Morgan fingerprint density at radius 2 is 1.25 bits per heavy atom. The number of anilines is 2. The Bertz CT molecular complexity index is 2770. The van der Waals surface area contributed by atoms with Gasteiger partial charge in [0.05, 0.1) is 23.4 Å². The minimum absolute atomic E-state index is 0.000532. The standard InChI is InChI=1S/C52H48N4O/c1-51(2,3)39-28-29-53-50(31-39)56-46-23-14-13-22-44(46)45-27-25-42(33-48(45)56)57-41-21-15-20-40(32-41)55-35-54(34-49(55)52(4,5)6)47-30-38(36-16-9-7-10-17-36)24-26-43(47)37-18-11-8-12-19-37/h7-34H,35H2,1-6H3.